The van der Waals surface area contributed by atoms with Gasteiger partial charge in [0.25, 0.3) is 0 Å². The van der Waals surface area contributed by atoms with E-state index in [-0.39, 0.29) is 5.82 Å². The van der Waals surface area contributed by atoms with Gasteiger partial charge in [0, 0.05) is 25.2 Å². The van der Waals surface area contributed by atoms with Gasteiger partial charge in [-0.15, -0.1) is 0 Å². The Morgan fingerprint density at radius 2 is 2.21 bits per heavy atom. The topological polar surface area (TPSA) is 30.3 Å². The summed E-state index contributed by atoms with van der Waals surface area (Å²) in [6.45, 7) is 5.35. The molecule has 2 aliphatic heterocycles. The number of fused-ring (bicyclic) bond motifs is 1. The van der Waals surface area contributed by atoms with Crippen molar-refractivity contribution in [1.82, 2.24) is 4.90 Å². The summed E-state index contributed by atoms with van der Waals surface area (Å²) in [4.78, 5) is 4.81. The summed E-state index contributed by atoms with van der Waals surface area (Å²) >= 11 is 0. The highest BCUT2D eigenvalue weighted by Gasteiger charge is 2.35. The molecule has 2 saturated heterocycles. The number of hydrogen-bond donors (Lipinski definition) is 0. The number of nitrogens with zero attached hydrogens (tertiary/aromatic N) is 3. The van der Waals surface area contributed by atoms with Crippen LogP contribution in [0.4, 0.5) is 10.1 Å². The van der Waals surface area contributed by atoms with Crippen molar-refractivity contribution in [2.24, 2.45) is 0 Å². The molecule has 2 unspecified atom stereocenters. The monoisotopic (exact) mass is 259 g/mol. The Balaban J connectivity index is 1.91. The molecule has 3 rings (SSSR count). The van der Waals surface area contributed by atoms with Gasteiger partial charge in [-0.1, -0.05) is 0 Å². The first-order chi connectivity index (χ1) is 9.19. The molecule has 100 valence electrons. The molecule has 0 aromatic heterocycles. The van der Waals surface area contributed by atoms with Crippen molar-refractivity contribution in [2.45, 2.75) is 31.8 Å². The van der Waals surface area contributed by atoms with Crippen LogP contribution in [0.3, 0.4) is 0 Å². The molecule has 2 atom stereocenters. The maximum atomic E-state index is 13.2. The smallest absolute Gasteiger partial charge is 0.124 e. The highest BCUT2D eigenvalue weighted by atomic mass is 19.1. The Bertz CT molecular complexity index is 523. The second-order valence-corrected chi connectivity index (χ2v) is 5.57. The van der Waals surface area contributed by atoms with E-state index in [1.807, 2.05) is 0 Å². The molecule has 2 aliphatic rings. The lowest BCUT2D eigenvalue weighted by atomic mass is 10.0. The predicted molar refractivity (Wildman–Crippen MR) is 72.5 cm³/mol. The molecule has 0 radical (unpaired) electrons. The Morgan fingerprint density at radius 1 is 1.37 bits per heavy atom. The zero-order chi connectivity index (χ0) is 13.4. The minimum Gasteiger partial charge on any atom is -0.365 e. The molecule has 19 heavy (non-hydrogen) atoms. The van der Waals surface area contributed by atoms with Crippen LogP contribution in [0.25, 0.3) is 0 Å². The Morgan fingerprint density at radius 3 is 3.00 bits per heavy atom. The lowest BCUT2D eigenvalue weighted by molar-refractivity contribution is 0.203. The van der Waals surface area contributed by atoms with Gasteiger partial charge in [-0.2, -0.15) is 5.26 Å². The Hall–Kier alpha value is -1.60. The Labute approximate surface area is 113 Å². The third kappa shape index (κ3) is 2.19. The largest absolute Gasteiger partial charge is 0.365 e. The molecule has 4 heteroatoms. The second kappa shape index (κ2) is 4.82. The SMILES string of the molecule is CC1CN2CCCC2CN1c1ccc(F)cc1C#N. The molecule has 0 spiro atoms. The number of nitriles is 1. The van der Waals surface area contributed by atoms with Crippen molar-refractivity contribution in [3.05, 3.63) is 29.6 Å². The van der Waals surface area contributed by atoms with Crippen LogP contribution < -0.4 is 4.90 Å². The van der Waals surface area contributed by atoms with Crippen LogP contribution in [0.1, 0.15) is 25.3 Å². The molecule has 0 saturated carbocycles. The number of hydrogen-bond acceptors (Lipinski definition) is 3. The van der Waals surface area contributed by atoms with Crippen molar-refractivity contribution in [1.29, 1.82) is 5.26 Å². The van der Waals surface area contributed by atoms with E-state index in [4.69, 9.17) is 0 Å². The van der Waals surface area contributed by atoms with Gasteiger partial charge in [0.1, 0.15) is 11.9 Å². The fourth-order valence-electron chi connectivity index (χ4n) is 3.37. The minimum atomic E-state index is -0.340. The van der Waals surface area contributed by atoms with Crippen molar-refractivity contribution in [3.63, 3.8) is 0 Å². The second-order valence-electron chi connectivity index (χ2n) is 5.57. The van der Waals surface area contributed by atoms with Crippen LogP contribution in [0, 0.1) is 17.1 Å². The van der Waals surface area contributed by atoms with Gasteiger partial charge in [0.15, 0.2) is 0 Å². The summed E-state index contributed by atoms with van der Waals surface area (Å²) in [7, 11) is 0. The van der Waals surface area contributed by atoms with Crippen molar-refractivity contribution < 1.29 is 4.39 Å². The minimum absolute atomic E-state index is 0.340. The number of benzene rings is 1. The van der Waals surface area contributed by atoms with Crippen molar-refractivity contribution in [2.75, 3.05) is 24.5 Å². The summed E-state index contributed by atoms with van der Waals surface area (Å²) < 4.78 is 13.2. The molecule has 0 bridgehead atoms. The van der Waals surface area contributed by atoms with Crippen LogP contribution in [-0.2, 0) is 0 Å². The molecule has 2 heterocycles. The molecule has 1 aromatic rings. The number of anilines is 1. The number of halogens is 1. The Kier molecular flexibility index (Phi) is 3.16. The van der Waals surface area contributed by atoms with Crippen molar-refractivity contribution in [3.8, 4) is 6.07 Å². The van der Waals surface area contributed by atoms with Gasteiger partial charge in [0.2, 0.25) is 0 Å². The van der Waals surface area contributed by atoms with Crippen molar-refractivity contribution >= 4 is 5.69 Å². The average Bonchev–Trinajstić information content (AvgIpc) is 2.85. The summed E-state index contributed by atoms with van der Waals surface area (Å²) in [5.74, 6) is -0.340. The van der Waals surface area contributed by atoms with Crippen LogP contribution in [-0.4, -0.2) is 36.6 Å². The fourth-order valence-corrected chi connectivity index (χ4v) is 3.37. The molecule has 0 aliphatic carbocycles. The van der Waals surface area contributed by atoms with Crippen LogP contribution in [0.5, 0.6) is 0 Å². The average molecular weight is 259 g/mol. The molecule has 0 amide bonds. The van der Waals surface area contributed by atoms with Gasteiger partial charge in [-0.05, 0) is 44.5 Å². The number of rotatable bonds is 1. The zero-order valence-corrected chi connectivity index (χ0v) is 11.1. The molecule has 1 aromatic carbocycles. The molecular weight excluding hydrogens is 241 g/mol. The standard InChI is InChI=1S/C15H18FN3/c1-11-9-18-6-2-3-14(18)10-19(11)15-5-4-13(16)7-12(15)8-17/h4-5,7,11,14H,2-3,6,9-10H2,1H3. The molecule has 3 nitrogen and oxygen atoms in total. The normalized spacial score (nSPS) is 27.1. The van der Waals surface area contributed by atoms with E-state index in [9.17, 15) is 9.65 Å². The fraction of sp³-hybridized carbons (Fsp3) is 0.533. The molecule has 0 N–H and O–H groups in total. The van der Waals surface area contributed by atoms with Gasteiger partial charge in [-0.25, -0.2) is 4.39 Å². The van der Waals surface area contributed by atoms with Gasteiger partial charge >= 0.3 is 0 Å². The summed E-state index contributed by atoms with van der Waals surface area (Å²) in [6.07, 6.45) is 2.49. The van der Waals surface area contributed by atoms with E-state index in [0.717, 1.165) is 18.8 Å². The van der Waals surface area contributed by atoms with E-state index in [0.29, 0.717) is 17.6 Å². The quantitative estimate of drug-likeness (QED) is 0.775. The van der Waals surface area contributed by atoms with Gasteiger partial charge in [0.05, 0.1) is 11.3 Å². The number of piperazine rings is 1. The maximum absolute atomic E-state index is 13.2. The predicted octanol–water partition coefficient (Wildman–Crippen LogP) is 2.37. The van der Waals surface area contributed by atoms with Gasteiger partial charge < -0.3 is 4.90 Å². The maximum Gasteiger partial charge on any atom is 0.124 e. The zero-order valence-electron chi connectivity index (χ0n) is 11.1. The summed E-state index contributed by atoms with van der Waals surface area (Å²) in [5.41, 5.74) is 1.32. The lowest BCUT2D eigenvalue weighted by Crippen LogP contribution is -2.55. The van der Waals surface area contributed by atoms with E-state index in [1.165, 1.54) is 31.5 Å². The van der Waals surface area contributed by atoms with E-state index >= 15 is 0 Å². The molecular formula is C15H18FN3. The van der Waals surface area contributed by atoms with Gasteiger partial charge in [-0.3, -0.25) is 4.90 Å². The van der Waals surface area contributed by atoms with E-state index < -0.39 is 0 Å². The van der Waals surface area contributed by atoms with Crippen LogP contribution in [0.15, 0.2) is 18.2 Å². The first-order valence-corrected chi connectivity index (χ1v) is 6.89. The van der Waals surface area contributed by atoms with Crippen LogP contribution in [0.2, 0.25) is 0 Å². The third-order valence-electron chi connectivity index (χ3n) is 4.33. The molecule has 2 fully saturated rings. The van der Waals surface area contributed by atoms with E-state index in [1.54, 1.807) is 6.07 Å². The summed E-state index contributed by atoms with van der Waals surface area (Å²) in [5, 5.41) is 9.19. The third-order valence-corrected chi connectivity index (χ3v) is 4.33. The van der Waals surface area contributed by atoms with Crippen LogP contribution >= 0.6 is 0 Å². The highest BCUT2D eigenvalue weighted by molar-refractivity contribution is 5.60. The first kappa shape index (κ1) is 12.4. The lowest BCUT2D eigenvalue weighted by Gasteiger charge is -2.43. The first-order valence-electron chi connectivity index (χ1n) is 6.89. The summed E-state index contributed by atoms with van der Waals surface area (Å²) in [6, 6.07) is 7.61. The van der Waals surface area contributed by atoms with E-state index in [2.05, 4.69) is 22.8 Å². The highest BCUT2D eigenvalue weighted by Crippen LogP contribution is 2.30.